The van der Waals surface area contributed by atoms with Gasteiger partial charge in [0.15, 0.2) is 0 Å². The molecule has 2 rings (SSSR count). The Balaban J connectivity index is 0.000000337. The minimum Gasteiger partial charge on any atom is -0.331 e. The minimum absolute atomic E-state index is 0.991. The van der Waals surface area contributed by atoms with Gasteiger partial charge in [0, 0.05) is 13.5 Å². The van der Waals surface area contributed by atoms with Gasteiger partial charge in [-0.3, -0.25) is 0 Å². The quantitative estimate of drug-likeness (QED) is 0.694. The molecule has 0 atom stereocenters. The van der Waals surface area contributed by atoms with Crippen molar-refractivity contribution in [3.8, 4) is 0 Å². The summed E-state index contributed by atoms with van der Waals surface area (Å²) in [6.45, 7) is 6.38. The molecule has 2 nitrogen and oxygen atoms in total. The highest BCUT2D eigenvalue weighted by Crippen LogP contribution is 2.13. The summed E-state index contributed by atoms with van der Waals surface area (Å²) in [7, 11) is 2.06. The van der Waals surface area contributed by atoms with Crippen molar-refractivity contribution in [1.29, 1.82) is 0 Å². The predicted molar refractivity (Wildman–Crippen MR) is 66.1 cm³/mol. The van der Waals surface area contributed by atoms with Crippen molar-refractivity contribution in [2.24, 2.45) is 7.05 Å². The molecule has 0 unspecified atom stereocenters. The summed E-state index contributed by atoms with van der Waals surface area (Å²) in [5.41, 5.74) is 2.31. The van der Waals surface area contributed by atoms with Gasteiger partial charge in [-0.2, -0.15) is 0 Å². The molecule has 0 saturated heterocycles. The second-order valence-electron chi connectivity index (χ2n) is 3.64. The fourth-order valence-corrected chi connectivity index (χ4v) is 1.51. The maximum Gasteiger partial charge on any atom is 0.109 e. The van der Waals surface area contributed by atoms with E-state index in [1.54, 1.807) is 0 Å². The maximum absolute atomic E-state index is 4.49. The van der Waals surface area contributed by atoms with Gasteiger partial charge in [-0.05, 0) is 12.1 Å². The third kappa shape index (κ3) is 2.58. The first-order valence-corrected chi connectivity index (χ1v) is 5.64. The molecule has 0 saturated carbocycles. The van der Waals surface area contributed by atoms with E-state index in [2.05, 4.69) is 49.5 Å². The highest BCUT2D eigenvalue weighted by Gasteiger charge is 2.03. The average Bonchev–Trinajstić information content (AvgIpc) is 2.57. The van der Waals surface area contributed by atoms with Crippen LogP contribution in [0.15, 0.2) is 24.3 Å². The molecule has 1 aromatic heterocycles. The molecular weight excluding hydrogens is 184 g/mol. The lowest BCUT2D eigenvalue weighted by Gasteiger charge is -1.96. The summed E-state index contributed by atoms with van der Waals surface area (Å²) in [4.78, 5) is 4.49. The van der Waals surface area contributed by atoms with Crippen molar-refractivity contribution in [2.75, 3.05) is 0 Å². The Labute approximate surface area is 91.9 Å². The van der Waals surface area contributed by atoms with E-state index in [-0.39, 0.29) is 0 Å². The topological polar surface area (TPSA) is 17.8 Å². The van der Waals surface area contributed by atoms with Crippen molar-refractivity contribution in [3.05, 3.63) is 30.1 Å². The highest BCUT2D eigenvalue weighted by molar-refractivity contribution is 5.75. The van der Waals surface area contributed by atoms with E-state index >= 15 is 0 Å². The second-order valence-corrected chi connectivity index (χ2v) is 3.64. The van der Waals surface area contributed by atoms with Gasteiger partial charge in [0.1, 0.15) is 5.82 Å². The lowest BCUT2D eigenvalue weighted by molar-refractivity contribution is 0.829. The monoisotopic (exact) mass is 204 g/mol. The number of hydrogen-bond acceptors (Lipinski definition) is 1. The first-order chi connectivity index (χ1) is 7.24. The zero-order valence-electron chi connectivity index (χ0n) is 10.1. The average molecular weight is 204 g/mol. The molecule has 0 aliphatic rings. The molecule has 2 aromatic rings. The van der Waals surface area contributed by atoms with Crippen molar-refractivity contribution < 1.29 is 0 Å². The lowest BCUT2D eigenvalue weighted by atomic mass is 10.3. The largest absolute Gasteiger partial charge is 0.331 e. The van der Waals surface area contributed by atoms with Crippen LogP contribution in [0.2, 0.25) is 0 Å². The Bertz CT molecular complexity index is 415. The fourth-order valence-electron chi connectivity index (χ4n) is 1.51. The summed E-state index contributed by atoms with van der Waals surface area (Å²) in [6.07, 6.45) is 2.24. The zero-order chi connectivity index (χ0) is 11.3. The first-order valence-electron chi connectivity index (χ1n) is 5.64. The van der Waals surface area contributed by atoms with Gasteiger partial charge in [-0.1, -0.05) is 39.3 Å². The number of nitrogens with zero attached hydrogens (tertiary/aromatic N) is 2. The van der Waals surface area contributed by atoms with Crippen LogP contribution in [0.1, 0.15) is 33.0 Å². The van der Waals surface area contributed by atoms with Gasteiger partial charge < -0.3 is 4.57 Å². The van der Waals surface area contributed by atoms with Gasteiger partial charge in [0.25, 0.3) is 0 Å². The molecule has 82 valence electrons. The molecule has 0 aliphatic carbocycles. The molecule has 0 aliphatic heterocycles. The number of hydrogen-bond donors (Lipinski definition) is 0. The minimum atomic E-state index is 0.991. The van der Waals surface area contributed by atoms with Crippen LogP contribution in [0, 0.1) is 0 Å². The van der Waals surface area contributed by atoms with Gasteiger partial charge in [-0.25, -0.2) is 4.98 Å². The molecule has 15 heavy (non-hydrogen) atoms. The molecule has 2 heteroatoms. The Hall–Kier alpha value is -1.31. The second kappa shape index (κ2) is 5.54. The van der Waals surface area contributed by atoms with Crippen LogP contribution in [-0.4, -0.2) is 9.55 Å². The molecule has 0 spiro atoms. The Morgan fingerprint density at radius 1 is 1.13 bits per heavy atom. The number of imidazole rings is 1. The van der Waals surface area contributed by atoms with E-state index in [1.807, 2.05) is 12.1 Å². The van der Waals surface area contributed by atoms with Gasteiger partial charge in [0.2, 0.25) is 0 Å². The smallest absolute Gasteiger partial charge is 0.109 e. The van der Waals surface area contributed by atoms with Gasteiger partial charge >= 0.3 is 0 Å². The van der Waals surface area contributed by atoms with Crippen molar-refractivity contribution in [2.45, 2.75) is 33.6 Å². The predicted octanol–water partition coefficient (Wildman–Crippen LogP) is 3.55. The number of aromatic nitrogens is 2. The number of para-hydroxylation sites is 2. The Morgan fingerprint density at radius 2 is 1.73 bits per heavy atom. The van der Waals surface area contributed by atoms with Gasteiger partial charge in [-0.15, -0.1) is 0 Å². The Kier molecular flexibility index (Phi) is 4.35. The summed E-state index contributed by atoms with van der Waals surface area (Å²) < 4.78 is 2.15. The standard InChI is InChI=1S/C10H12N2.C3H8/c1-3-10-11-8-6-4-5-7-9(8)12(10)2;1-3-2/h4-7H,3H2,1-2H3;3H2,1-2H3. The van der Waals surface area contributed by atoms with Crippen molar-refractivity contribution in [1.82, 2.24) is 9.55 Å². The van der Waals surface area contributed by atoms with Gasteiger partial charge in [0.05, 0.1) is 11.0 Å². The highest BCUT2D eigenvalue weighted by atomic mass is 15.1. The van der Waals surface area contributed by atoms with Crippen LogP contribution >= 0.6 is 0 Å². The number of aryl methyl sites for hydroxylation is 2. The molecule has 0 radical (unpaired) electrons. The summed E-state index contributed by atoms with van der Waals surface area (Å²) in [6, 6.07) is 8.22. The lowest BCUT2D eigenvalue weighted by Crippen LogP contribution is -1.94. The first kappa shape index (κ1) is 11.8. The van der Waals surface area contributed by atoms with Crippen molar-refractivity contribution in [3.63, 3.8) is 0 Å². The van der Waals surface area contributed by atoms with Crippen LogP contribution in [0.25, 0.3) is 11.0 Å². The number of fused-ring (bicyclic) bond motifs is 1. The van der Waals surface area contributed by atoms with E-state index in [1.165, 1.54) is 11.9 Å². The third-order valence-corrected chi connectivity index (χ3v) is 2.20. The van der Waals surface area contributed by atoms with Crippen molar-refractivity contribution >= 4 is 11.0 Å². The maximum atomic E-state index is 4.49. The molecule has 0 amide bonds. The van der Waals surface area contributed by atoms with Crippen LogP contribution in [0.4, 0.5) is 0 Å². The molecule has 0 fully saturated rings. The molecule has 1 aromatic carbocycles. The molecule has 1 heterocycles. The number of benzene rings is 1. The SMILES string of the molecule is CCC.CCc1nc2ccccc2n1C. The van der Waals surface area contributed by atoms with E-state index in [9.17, 15) is 0 Å². The summed E-state index contributed by atoms with van der Waals surface area (Å²) in [5.74, 6) is 1.15. The molecule has 0 bridgehead atoms. The number of rotatable bonds is 1. The van der Waals surface area contributed by atoms with E-state index in [0.717, 1.165) is 17.8 Å². The normalized spacial score (nSPS) is 9.87. The summed E-state index contributed by atoms with van der Waals surface area (Å²) >= 11 is 0. The van der Waals surface area contributed by atoms with E-state index in [4.69, 9.17) is 0 Å². The van der Waals surface area contributed by atoms with E-state index in [0.29, 0.717) is 0 Å². The fraction of sp³-hybridized carbons (Fsp3) is 0.462. The third-order valence-electron chi connectivity index (χ3n) is 2.20. The van der Waals surface area contributed by atoms with Crippen LogP contribution < -0.4 is 0 Å². The summed E-state index contributed by atoms with van der Waals surface area (Å²) in [5, 5.41) is 0. The van der Waals surface area contributed by atoms with Crippen LogP contribution in [0.3, 0.4) is 0 Å². The Morgan fingerprint density at radius 3 is 2.27 bits per heavy atom. The van der Waals surface area contributed by atoms with Crippen LogP contribution in [0.5, 0.6) is 0 Å². The zero-order valence-corrected chi connectivity index (χ0v) is 10.1. The van der Waals surface area contributed by atoms with E-state index < -0.39 is 0 Å². The molecular formula is C13H20N2. The molecule has 0 N–H and O–H groups in total. The van der Waals surface area contributed by atoms with Crippen LogP contribution in [-0.2, 0) is 13.5 Å².